The van der Waals surface area contributed by atoms with E-state index in [4.69, 9.17) is 9.47 Å². The first-order valence-electron chi connectivity index (χ1n) is 9.28. The number of hydrogen-bond donors (Lipinski definition) is 2. The maximum Gasteiger partial charge on any atom is 0.408 e. The summed E-state index contributed by atoms with van der Waals surface area (Å²) in [6, 6.07) is 9.51. The first-order valence-corrected chi connectivity index (χ1v) is 9.28. The van der Waals surface area contributed by atoms with Crippen molar-refractivity contribution in [2.24, 2.45) is 0 Å². The molecule has 0 fully saturated rings. The zero-order valence-corrected chi connectivity index (χ0v) is 17.1. The lowest BCUT2D eigenvalue weighted by Crippen LogP contribution is -2.49. The summed E-state index contributed by atoms with van der Waals surface area (Å²) in [5.41, 5.74) is 0.353. The summed E-state index contributed by atoms with van der Waals surface area (Å²) < 4.78 is 15.8. The van der Waals surface area contributed by atoms with E-state index in [1.54, 1.807) is 45.0 Å². The van der Waals surface area contributed by atoms with Crippen molar-refractivity contribution in [2.45, 2.75) is 38.5 Å². The lowest BCUT2D eigenvalue weighted by atomic mass is 9.99. The number of aromatic nitrogens is 1. The standard InChI is InChI=1S/C21H23N3O6/c1-21(2,3)30-20(27)24-15(12-8-6-5-7-9-12)16-17(25)23-14-10-13(19(26)28-4)11-22-18(14)29-16/h5-11,15-16H,1-4H3,(H,23,25)(H,24,27)/t15-,16-/m1/s1. The number of benzene rings is 1. The molecule has 158 valence electrons. The fraction of sp³-hybridized carbons (Fsp3) is 0.333. The summed E-state index contributed by atoms with van der Waals surface area (Å²) in [6.45, 7) is 5.23. The molecule has 9 nitrogen and oxygen atoms in total. The molecular formula is C21H23N3O6. The number of nitrogens with one attached hydrogen (secondary N) is 2. The van der Waals surface area contributed by atoms with Crippen LogP contribution >= 0.6 is 0 Å². The summed E-state index contributed by atoms with van der Waals surface area (Å²) >= 11 is 0. The van der Waals surface area contributed by atoms with Gasteiger partial charge in [0.15, 0.2) is 0 Å². The number of amides is 2. The third-order valence-corrected chi connectivity index (χ3v) is 4.16. The SMILES string of the molecule is COC(=O)c1cnc2c(c1)NC(=O)[C@@H]([C@H](NC(=O)OC(C)(C)C)c1ccccc1)O2. The highest BCUT2D eigenvalue weighted by Gasteiger charge is 2.38. The third-order valence-electron chi connectivity index (χ3n) is 4.16. The maximum atomic E-state index is 12.8. The molecule has 1 aliphatic heterocycles. The molecule has 2 N–H and O–H groups in total. The largest absolute Gasteiger partial charge is 0.465 e. The number of anilines is 1. The maximum absolute atomic E-state index is 12.8. The van der Waals surface area contributed by atoms with E-state index in [1.165, 1.54) is 19.4 Å². The second-order valence-corrected chi connectivity index (χ2v) is 7.63. The number of nitrogens with zero attached hydrogens (tertiary/aromatic N) is 1. The molecule has 0 saturated carbocycles. The number of carbonyl (C=O) groups excluding carboxylic acids is 3. The van der Waals surface area contributed by atoms with Gasteiger partial charge in [-0.2, -0.15) is 0 Å². The van der Waals surface area contributed by atoms with E-state index in [0.29, 0.717) is 5.56 Å². The highest BCUT2D eigenvalue weighted by Crippen LogP contribution is 2.32. The smallest absolute Gasteiger partial charge is 0.408 e. The van der Waals surface area contributed by atoms with Crippen molar-refractivity contribution >= 4 is 23.7 Å². The van der Waals surface area contributed by atoms with E-state index < -0.39 is 35.7 Å². The van der Waals surface area contributed by atoms with Gasteiger partial charge in [-0.15, -0.1) is 0 Å². The Hall–Kier alpha value is -3.62. The van der Waals surface area contributed by atoms with E-state index in [1.807, 2.05) is 6.07 Å². The number of pyridine rings is 1. The molecule has 0 unspecified atom stereocenters. The molecule has 30 heavy (non-hydrogen) atoms. The van der Waals surface area contributed by atoms with Gasteiger partial charge in [0.25, 0.3) is 5.91 Å². The van der Waals surface area contributed by atoms with Crippen LogP contribution in [0.5, 0.6) is 5.88 Å². The van der Waals surface area contributed by atoms with Crippen molar-refractivity contribution in [3.8, 4) is 5.88 Å². The first kappa shape index (κ1) is 21.1. The van der Waals surface area contributed by atoms with Crippen molar-refractivity contribution in [3.63, 3.8) is 0 Å². The molecule has 2 atom stereocenters. The van der Waals surface area contributed by atoms with E-state index in [2.05, 4.69) is 20.4 Å². The Bertz CT molecular complexity index is 955. The lowest BCUT2D eigenvalue weighted by Gasteiger charge is -2.32. The predicted octanol–water partition coefficient (Wildman–Crippen LogP) is 2.83. The molecule has 2 heterocycles. The first-order chi connectivity index (χ1) is 14.2. The van der Waals surface area contributed by atoms with Crippen LogP contribution in [0.3, 0.4) is 0 Å². The normalized spacial score (nSPS) is 16.4. The zero-order chi connectivity index (χ0) is 21.9. The minimum Gasteiger partial charge on any atom is -0.465 e. The van der Waals surface area contributed by atoms with Crippen LogP contribution in [-0.2, 0) is 14.3 Å². The van der Waals surface area contributed by atoms with Crippen LogP contribution in [0.4, 0.5) is 10.5 Å². The van der Waals surface area contributed by atoms with Gasteiger partial charge in [-0.05, 0) is 32.4 Å². The molecule has 2 aromatic rings. The molecule has 0 spiro atoms. The van der Waals surface area contributed by atoms with Crippen molar-refractivity contribution in [3.05, 3.63) is 53.7 Å². The quantitative estimate of drug-likeness (QED) is 0.741. The van der Waals surface area contributed by atoms with Gasteiger partial charge < -0.3 is 24.8 Å². The molecule has 1 aliphatic rings. The molecule has 0 saturated heterocycles. The van der Waals surface area contributed by atoms with Gasteiger partial charge in [0.1, 0.15) is 17.3 Å². The van der Waals surface area contributed by atoms with Gasteiger partial charge in [-0.25, -0.2) is 14.6 Å². The zero-order valence-electron chi connectivity index (χ0n) is 17.1. The Kier molecular flexibility index (Phi) is 5.91. The average molecular weight is 413 g/mol. The van der Waals surface area contributed by atoms with Crippen LogP contribution in [0.2, 0.25) is 0 Å². The van der Waals surface area contributed by atoms with Crippen LogP contribution in [0.1, 0.15) is 42.7 Å². The highest BCUT2D eigenvalue weighted by atomic mass is 16.6. The third kappa shape index (κ3) is 4.86. The van der Waals surface area contributed by atoms with E-state index in [0.717, 1.165) is 0 Å². The van der Waals surface area contributed by atoms with Gasteiger partial charge in [-0.3, -0.25) is 4.79 Å². The van der Waals surface area contributed by atoms with Crippen molar-refractivity contribution in [2.75, 3.05) is 12.4 Å². The van der Waals surface area contributed by atoms with Crippen LogP contribution in [0, 0.1) is 0 Å². The molecule has 1 aromatic heterocycles. The Morgan fingerprint density at radius 3 is 2.57 bits per heavy atom. The topological polar surface area (TPSA) is 116 Å². The van der Waals surface area contributed by atoms with E-state index >= 15 is 0 Å². The molecule has 0 bridgehead atoms. The van der Waals surface area contributed by atoms with Gasteiger partial charge >= 0.3 is 12.1 Å². The number of methoxy groups -OCH3 is 1. The van der Waals surface area contributed by atoms with Crippen LogP contribution in [-0.4, -0.2) is 41.8 Å². The van der Waals surface area contributed by atoms with Crippen molar-refractivity contribution in [1.29, 1.82) is 0 Å². The van der Waals surface area contributed by atoms with Gasteiger partial charge in [0, 0.05) is 6.20 Å². The van der Waals surface area contributed by atoms with Crippen LogP contribution in [0.25, 0.3) is 0 Å². The number of fused-ring (bicyclic) bond motifs is 1. The lowest BCUT2D eigenvalue weighted by molar-refractivity contribution is -0.125. The number of hydrogen-bond acceptors (Lipinski definition) is 7. The number of esters is 1. The number of ether oxygens (including phenoxy) is 3. The number of rotatable bonds is 4. The summed E-state index contributed by atoms with van der Waals surface area (Å²) in [7, 11) is 1.25. The van der Waals surface area contributed by atoms with Crippen molar-refractivity contribution < 1.29 is 28.6 Å². The molecule has 2 amide bonds. The van der Waals surface area contributed by atoms with E-state index in [9.17, 15) is 14.4 Å². The highest BCUT2D eigenvalue weighted by molar-refractivity contribution is 6.00. The number of alkyl carbamates (subject to hydrolysis) is 1. The summed E-state index contributed by atoms with van der Waals surface area (Å²) in [4.78, 5) is 41.0. The predicted molar refractivity (Wildman–Crippen MR) is 107 cm³/mol. The molecule has 9 heteroatoms. The second kappa shape index (κ2) is 8.40. The Balaban J connectivity index is 1.89. The fourth-order valence-corrected chi connectivity index (χ4v) is 2.89. The molecule has 3 rings (SSSR count). The molecule has 1 aromatic carbocycles. The Morgan fingerprint density at radius 1 is 1.23 bits per heavy atom. The minimum absolute atomic E-state index is 0.124. The average Bonchev–Trinajstić information content (AvgIpc) is 2.70. The van der Waals surface area contributed by atoms with Gasteiger partial charge in [-0.1, -0.05) is 30.3 Å². The fourth-order valence-electron chi connectivity index (χ4n) is 2.89. The molecular weight excluding hydrogens is 390 g/mol. The van der Waals surface area contributed by atoms with Crippen LogP contribution < -0.4 is 15.4 Å². The summed E-state index contributed by atoms with van der Waals surface area (Å²) in [6.07, 6.45) is -0.505. The monoisotopic (exact) mass is 413 g/mol. The molecule has 0 radical (unpaired) electrons. The van der Waals surface area contributed by atoms with Gasteiger partial charge in [0.05, 0.1) is 12.7 Å². The minimum atomic E-state index is -1.11. The Labute approximate surface area is 173 Å². The summed E-state index contributed by atoms with van der Waals surface area (Å²) in [5.74, 6) is -0.967. The van der Waals surface area contributed by atoms with Gasteiger partial charge in [0.2, 0.25) is 12.0 Å². The Morgan fingerprint density at radius 2 is 1.93 bits per heavy atom. The van der Waals surface area contributed by atoms with E-state index in [-0.39, 0.29) is 17.1 Å². The molecule has 0 aliphatic carbocycles. The van der Waals surface area contributed by atoms with Crippen molar-refractivity contribution in [1.82, 2.24) is 10.3 Å². The number of carbonyl (C=O) groups is 3. The summed E-state index contributed by atoms with van der Waals surface area (Å²) in [5, 5.41) is 5.39. The van der Waals surface area contributed by atoms with Crippen LogP contribution in [0.15, 0.2) is 42.6 Å². The second-order valence-electron chi connectivity index (χ2n) is 7.63.